The number of hydrogen-bond acceptors (Lipinski definition) is 9. The summed E-state index contributed by atoms with van der Waals surface area (Å²) in [6, 6.07) is 17.0. The molecule has 0 saturated carbocycles. The van der Waals surface area contributed by atoms with Crippen molar-refractivity contribution in [2.75, 3.05) is 19.5 Å². The molecule has 0 bridgehead atoms. The fourth-order valence-corrected chi connectivity index (χ4v) is 4.32. The monoisotopic (exact) mass is 502 g/mol. The van der Waals surface area contributed by atoms with Gasteiger partial charge in [-0.2, -0.15) is 9.61 Å². The van der Waals surface area contributed by atoms with Crippen LogP contribution in [0.15, 0.2) is 66.0 Å². The number of methoxy groups -OCH3 is 2. The maximum Gasteiger partial charge on any atom is 0.286 e. The number of fused-ring (bicyclic) bond motifs is 1. The van der Waals surface area contributed by atoms with Crippen LogP contribution in [-0.4, -0.2) is 44.9 Å². The SMILES string of the molecule is COc1cc(C(=O)Nc2ccc(-c3ccc4nnc(-c5cccs5)n4n3)cc2)c([N+](=O)[O-])cc1OC. The van der Waals surface area contributed by atoms with Crippen LogP contribution in [0.3, 0.4) is 0 Å². The first kappa shape index (κ1) is 22.9. The standard InChI is InChI=1S/C24H18N6O5S/c1-34-19-12-16(18(30(32)33)13-20(19)35-2)24(31)25-15-7-5-14(6-8-15)17-9-10-22-26-27-23(29(22)28-17)21-4-3-11-36-21/h3-13H,1-2H3,(H,25,31). The van der Waals surface area contributed by atoms with Crippen LogP contribution in [0.5, 0.6) is 11.5 Å². The summed E-state index contributed by atoms with van der Waals surface area (Å²) in [4.78, 5) is 24.7. The Morgan fingerprint density at radius 2 is 1.78 bits per heavy atom. The zero-order valence-corrected chi connectivity index (χ0v) is 19.9. The molecule has 11 nitrogen and oxygen atoms in total. The number of thiophene rings is 1. The average Bonchev–Trinajstić information content (AvgIpc) is 3.57. The van der Waals surface area contributed by atoms with Gasteiger partial charge >= 0.3 is 0 Å². The molecule has 1 amide bonds. The molecule has 0 radical (unpaired) electrons. The van der Waals surface area contributed by atoms with Crippen molar-refractivity contribution in [1.82, 2.24) is 19.8 Å². The van der Waals surface area contributed by atoms with E-state index in [1.807, 2.05) is 29.6 Å². The Morgan fingerprint density at radius 3 is 2.44 bits per heavy atom. The van der Waals surface area contributed by atoms with E-state index in [-0.39, 0.29) is 17.1 Å². The number of aromatic nitrogens is 4. The van der Waals surface area contributed by atoms with Gasteiger partial charge in [0.2, 0.25) is 0 Å². The summed E-state index contributed by atoms with van der Waals surface area (Å²) in [5, 5.41) is 29.3. The van der Waals surface area contributed by atoms with Crippen LogP contribution >= 0.6 is 11.3 Å². The minimum Gasteiger partial charge on any atom is -0.493 e. The summed E-state index contributed by atoms with van der Waals surface area (Å²) in [7, 11) is 2.75. The first-order valence-electron chi connectivity index (χ1n) is 10.6. The Kier molecular flexibility index (Phi) is 6.00. The molecule has 0 unspecified atom stereocenters. The molecular formula is C24H18N6O5S. The number of ether oxygens (including phenoxy) is 2. The molecular weight excluding hydrogens is 484 g/mol. The zero-order chi connectivity index (χ0) is 25.2. The molecule has 3 heterocycles. The summed E-state index contributed by atoms with van der Waals surface area (Å²) in [5.74, 6) is 0.369. The molecule has 0 aliphatic heterocycles. The number of nitro groups is 1. The molecule has 36 heavy (non-hydrogen) atoms. The second-order valence-electron chi connectivity index (χ2n) is 7.50. The fraction of sp³-hybridized carbons (Fsp3) is 0.0833. The molecule has 1 N–H and O–H groups in total. The van der Waals surface area contributed by atoms with Gasteiger partial charge in [0.05, 0.1) is 35.8 Å². The van der Waals surface area contributed by atoms with Crippen LogP contribution < -0.4 is 14.8 Å². The summed E-state index contributed by atoms with van der Waals surface area (Å²) in [6.45, 7) is 0. The van der Waals surface area contributed by atoms with Crippen molar-refractivity contribution in [3.63, 3.8) is 0 Å². The number of rotatable bonds is 7. The molecule has 0 fully saturated rings. The number of carbonyl (C=O) groups excluding carboxylic acids is 1. The Labute approximate surface area is 208 Å². The lowest BCUT2D eigenvalue weighted by Crippen LogP contribution is -2.14. The van der Waals surface area contributed by atoms with Crippen molar-refractivity contribution in [2.45, 2.75) is 0 Å². The van der Waals surface area contributed by atoms with Gasteiger partial charge in [-0.15, -0.1) is 21.5 Å². The second kappa shape index (κ2) is 9.43. The third-order valence-corrected chi connectivity index (χ3v) is 6.25. The first-order chi connectivity index (χ1) is 17.5. The number of anilines is 1. The van der Waals surface area contributed by atoms with Crippen LogP contribution in [0.4, 0.5) is 11.4 Å². The zero-order valence-electron chi connectivity index (χ0n) is 19.0. The van der Waals surface area contributed by atoms with Gasteiger partial charge in [-0.3, -0.25) is 14.9 Å². The van der Waals surface area contributed by atoms with E-state index in [2.05, 4.69) is 20.6 Å². The number of amides is 1. The highest BCUT2D eigenvalue weighted by Gasteiger charge is 2.24. The van der Waals surface area contributed by atoms with Crippen LogP contribution in [0.1, 0.15) is 10.4 Å². The lowest BCUT2D eigenvalue weighted by atomic mass is 10.1. The third-order valence-electron chi connectivity index (χ3n) is 5.39. The molecule has 5 rings (SSSR count). The van der Waals surface area contributed by atoms with Crippen LogP contribution in [-0.2, 0) is 0 Å². The highest BCUT2D eigenvalue weighted by atomic mass is 32.1. The van der Waals surface area contributed by atoms with E-state index >= 15 is 0 Å². The van der Waals surface area contributed by atoms with Crippen molar-refractivity contribution >= 4 is 34.3 Å². The molecule has 0 atom stereocenters. The largest absolute Gasteiger partial charge is 0.493 e. The lowest BCUT2D eigenvalue weighted by molar-refractivity contribution is -0.385. The fourth-order valence-electron chi connectivity index (χ4n) is 3.63. The number of nitrogens with zero attached hydrogens (tertiary/aromatic N) is 5. The van der Waals surface area contributed by atoms with Crippen molar-refractivity contribution in [1.29, 1.82) is 0 Å². The minimum atomic E-state index is -0.653. The molecule has 180 valence electrons. The maximum atomic E-state index is 12.9. The lowest BCUT2D eigenvalue weighted by Gasteiger charge is -2.11. The average molecular weight is 503 g/mol. The Balaban J connectivity index is 1.41. The topological polar surface area (TPSA) is 134 Å². The van der Waals surface area contributed by atoms with Crippen LogP contribution in [0.2, 0.25) is 0 Å². The van der Waals surface area contributed by atoms with E-state index in [1.54, 1.807) is 40.1 Å². The summed E-state index contributed by atoms with van der Waals surface area (Å²) < 4.78 is 12.0. The number of nitro benzene ring substituents is 1. The molecule has 0 aliphatic carbocycles. The minimum absolute atomic E-state index is 0.150. The summed E-state index contributed by atoms with van der Waals surface area (Å²) >= 11 is 1.55. The highest BCUT2D eigenvalue weighted by Crippen LogP contribution is 2.35. The number of carbonyl (C=O) groups is 1. The summed E-state index contributed by atoms with van der Waals surface area (Å²) in [5.41, 5.74) is 2.03. The van der Waals surface area contributed by atoms with Crippen LogP contribution in [0.25, 0.3) is 27.6 Å². The predicted molar refractivity (Wildman–Crippen MR) is 134 cm³/mol. The van der Waals surface area contributed by atoms with Gasteiger partial charge in [0.25, 0.3) is 11.6 Å². The van der Waals surface area contributed by atoms with Crippen molar-refractivity contribution in [3.8, 4) is 33.5 Å². The van der Waals surface area contributed by atoms with Crippen molar-refractivity contribution < 1.29 is 19.2 Å². The van der Waals surface area contributed by atoms with Gasteiger partial charge in [-0.05, 0) is 35.7 Å². The predicted octanol–water partition coefficient (Wildman–Crippen LogP) is 4.70. The molecule has 3 aromatic heterocycles. The number of benzene rings is 2. The third kappa shape index (κ3) is 4.20. The molecule has 12 heteroatoms. The maximum absolute atomic E-state index is 12.9. The second-order valence-corrected chi connectivity index (χ2v) is 8.45. The smallest absolute Gasteiger partial charge is 0.286 e. The first-order valence-corrected chi connectivity index (χ1v) is 11.4. The molecule has 0 aliphatic rings. The van der Waals surface area contributed by atoms with E-state index in [0.717, 1.165) is 16.5 Å². The summed E-state index contributed by atoms with van der Waals surface area (Å²) in [6.07, 6.45) is 0. The normalized spacial score (nSPS) is 10.8. The van der Waals surface area contributed by atoms with Crippen molar-refractivity contribution in [3.05, 3.63) is 81.7 Å². The molecule has 2 aromatic carbocycles. The number of nitrogens with one attached hydrogen (secondary N) is 1. The Bertz CT molecular complexity index is 1580. The van der Waals surface area contributed by atoms with E-state index in [0.29, 0.717) is 22.9 Å². The van der Waals surface area contributed by atoms with Gasteiger partial charge in [-0.25, -0.2) is 0 Å². The highest BCUT2D eigenvalue weighted by molar-refractivity contribution is 7.13. The van der Waals surface area contributed by atoms with Gasteiger partial charge < -0.3 is 14.8 Å². The van der Waals surface area contributed by atoms with E-state index in [1.165, 1.54) is 20.3 Å². The Hall–Kier alpha value is -4.84. The van der Waals surface area contributed by atoms with Gasteiger partial charge in [-0.1, -0.05) is 18.2 Å². The quantitative estimate of drug-likeness (QED) is 0.250. The van der Waals surface area contributed by atoms with Gasteiger partial charge in [0.1, 0.15) is 5.56 Å². The van der Waals surface area contributed by atoms with Crippen LogP contribution in [0, 0.1) is 10.1 Å². The number of hydrogen-bond donors (Lipinski definition) is 1. The Morgan fingerprint density at radius 1 is 1.03 bits per heavy atom. The molecule has 0 saturated heterocycles. The van der Waals surface area contributed by atoms with Gasteiger partial charge in [0.15, 0.2) is 23.0 Å². The van der Waals surface area contributed by atoms with E-state index in [4.69, 9.17) is 9.47 Å². The van der Waals surface area contributed by atoms with E-state index in [9.17, 15) is 14.9 Å². The van der Waals surface area contributed by atoms with E-state index < -0.39 is 16.5 Å². The molecule has 5 aromatic rings. The van der Waals surface area contributed by atoms with Gasteiger partial charge in [0, 0.05) is 17.3 Å². The van der Waals surface area contributed by atoms with Crippen molar-refractivity contribution in [2.24, 2.45) is 0 Å². The molecule has 0 spiro atoms.